The number of halogens is 2. The van der Waals surface area contributed by atoms with Crippen molar-refractivity contribution >= 4 is 46.4 Å². The summed E-state index contributed by atoms with van der Waals surface area (Å²) in [5, 5.41) is 5.68. The Labute approximate surface area is 122 Å². The molecule has 0 radical (unpaired) electrons. The van der Waals surface area contributed by atoms with Crippen LogP contribution in [0.1, 0.15) is 20.8 Å². The van der Waals surface area contributed by atoms with Crippen LogP contribution in [0.3, 0.4) is 0 Å². The second kappa shape index (κ2) is 6.26. The highest BCUT2D eigenvalue weighted by Crippen LogP contribution is 2.27. The summed E-state index contributed by atoms with van der Waals surface area (Å²) in [7, 11) is 0. The minimum absolute atomic E-state index is 0.189. The van der Waals surface area contributed by atoms with E-state index >= 15 is 0 Å². The van der Waals surface area contributed by atoms with Crippen molar-refractivity contribution in [2.75, 3.05) is 16.5 Å². The van der Waals surface area contributed by atoms with E-state index in [1.165, 1.54) is 6.92 Å². The lowest BCUT2D eigenvalue weighted by Crippen LogP contribution is -2.32. The number of rotatable bonds is 4. The highest BCUT2D eigenvalue weighted by atomic mass is 35.5. The van der Waals surface area contributed by atoms with Crippen LogP contribution in [-0.2, 0) is 9.59 Å². The number of amides is 2. The van der Waals surface area contributed by atoms with E-state index in [4.69, 9.17) is 23.2 Å². The molecule has 6 heteroatoms. The standard InChI is InChI=1S/C13H16Cl2N2O2/c1-8(18)16-11-5-4-9(6-10(11)15)17-12(19)13(2,3)7-14/h4-6H,7H2,1-3H3,(H,16,18)(H,17,19). The fourth-order valence-corrected chi connectivity index (χ4v) is 1.59. The molecule has 2 amide bonds. The molecule has 4 nitrogen and oxygen atoms in total. The first-order valence-electron chi connectivity index (χ1n) is 5.71. The van der Waals surface area contributed by atoms with Crippen molar-refractivity contribution in [3.63, 3.8) is 0 Å². The Balaban J connectivity index is 2.85. The summed E-state index contributed by atoms with van der Waals surface area (Å²) >= 11 is 11.7. The number of hydrogen-bond acceptors (Lipinski definition) is 2. The number of nitrogens with one attached hydrogen (secondary N) is 2. The van der Waals surface area contributed by atoms with Gasteiger partial charge in [-0.25, -0.2) is 0 Å². The lowest BCUT2D eigenvalue weighted by atomic mass is 9.95. The zero-order chi connectivity index (χ0) is 14.6. The molecule has 0 aliphatic rings. The zero-order valence-corrected chi connectivity index (χ0v) is 12.5. The molecule has 0 aromatic heterocycles. The number of anilines is 2. The van der Waals surface area contributed by atoms with Gasteiger partial charge in [0.05, 0.1) is 16.1 Å². The van der Waals surface area contributed by atoms with Crippen LogP contribution in [0, 0.1) is 5.41 Å². The van der Waals surface area contributed by atoms with E-state index in [0.29, 0.717) is 16.4 Å². The van der Waals surface area contributed by atoms with Gasteiger partial charge < -0.3 is 10.6 Å². The molecule has 0 fully saturated rings. The van der Waals surface area contributed by atoms with Crippen molar-refractivity contribution in [3.8, 4) is 0 Å². The Morgan fingerprint density at radius 2 is 1.89 bits per heavy atom. The van der Waals surface area contributed by atoms with Crippen LogP contribution < -0.4 is 10.6 Å². The van der Waals surface area contributed by atoms with Gasteiger partial charge in [-0.05, 0) is 32.0 Å². The molecule has 0 saturated carbocycles. The average molecular weight is 303 g/mol. The van der Waals surface area contributed by atoms with Crippen LogP contribution in [0.15, 0.2) is 18.2 Å². The average Bonchev–Trinajstić information content (AvgIpc) is 2.32. The quantitative estimate of drug-likeness (QED) is 0.836. The number of carbonyl (C=O) groups excluding carboxylic acids is 2. The van der Waals surface area contributed by atoms with Gasteiger partial charge in [-0.1, -0.05) is 11.6 Å². The topological polar surface area (TPSA) is 58.2 Å². The molecule has 0 atom stereocenters. The fourth-order valence-electron chi connectivity index (χ4n) is 1.24. The third kappa shape index (κ3) is 4.40. The predicted octanol–water partition coefficient (Wildman–Crippen LogP) is 3.50. The lowest BCUT2D eigenvalue weighted by Gasteiger charge is -2.20. The Morgan fingerprint density at radius 1 is 1.26 bits per heavy atom. The summed E-state index contributed by atoms with van der Waals surface area (Å²) in [5.74, 6) is -0.177. The molecule has 104 valence electrons. The largest absolute Gasteiger partial charge is 0.326 e. The van der Waals surface area contributed by atoms with Gasteiger partial charge in [0, 0.05) is 18.5 Å². The third-order valence-corrected chi connectivity index (χ3v) is 3.47. The molecular formula is C13H16Cl2N2O2. The summed E-state index contributed by atoms with van der Waals surface area (Å²) < 4.78 is 0. The van der Waals surface area contributed by atoms with Gasteiger partial charge in [0.1, 0.15) is 0 Å². The third-order valence-electron chi connectivity index (χ3n) is 2.49. The SMILES string of the molecule is CC(=O)Nc1ccc(NC(=O)C(C)(C)CCl)cc1Cl. The molecule has 0 unspecified atom stereocenters. The summed E-state index contributed by atoms with van der Waals surface area (Å²) in [6.07, 6.45) is 0. The predicted molar refractivity (Wildman–Crippen MR) is 78.9 cm³/mol. The van der Waals surface area contributed by atoms with Crippen molar-refractivity contribution in [1.29, 1.82) is 0 Å². The van der Waals surface area contributed by atoms with Crippen LogP contribution in [0.4, 0.5) is 11.4 Å². The minimum Gasteiger partial charge on any atom is -0.326 e. The van der Waals surface area contributed by atoms with Gasteiger partial charge in [-0.2, -0.15) is 0 Å². The zero-order valence-electron chi connectivity index (χ0n) is 11.0. The lowest BCUT2D eigenvalue weighted by molar-refractivity contribution is -0.123. The molecule has 19 heavy (non-hydrogen) atoms. The Hall–Kier alpha value is -1.26. The molecule has 0 spiro atoms. The molecule has 0 bridgehead atoms. The van der Waals surface area contributed by atoms with Crippen LogP contribution in [-0.4, -0.2) is 17.7 Å². The minimum atomic E-state index is -0.662. The van der Waals surface area contributed by atoms with Gasteiger partial charge in [0.2, 0.25) is 11.8 Å². The molecule has 1 aromatic rings. The second-order valence-electron chi connectivity index (χ2n) is 4.85. The van der Waals surface area contributed by atoms with E-state index in [1.807, 2.05) is 0 Å². The van der Waals surface area contributed by atoms with Crippen LogP contribution in [0.5, 0.6) is 0 Å². The summed E-state index contributed by atoms with van der Waals surface area (Å²) in [6.45, 7) is 4.90. The summed E-state index contributed by atoms with van der Waals surface area (Å²) in [6, 6.07) is 4.88. The maximum absolute atomic E-state index is 11.9. The maximum Gasteiger partial charge on any atom is 0.231 e. The summed E-state index contributed by atoms with van der Waals surface area (Å²) in [5.41, 5.74) is 0.399. The van der Waals surface area contributed by atoms with Crippen molar-refractivity contribution in [3.05, 3.63) is 23.2 Å². The normalized spacial score (nSPS) is 11.0. The van der Waals surface area contributed by atoms with Crippen molar-refractivity contribution in [2.24, 2.45) is 5.41 Å². The van der Waals surface area contributed by atoms with Gasteiger partial charge in [-0.15, -0.1) is 11.6 Å². The molecular weight excluding hydrogens is 287 g/mol. The van der Waals surface area contributed by atoms with Crippen molar-refractivity contribution < 1.29 is 9.59 Å². The molecule has 1 aromatic carbocycles. The number of alkyl halides is 1. The maximum atomic E-state index is 11.9. The monoisotopic (exact) mass is 302 g/mol. The van der Waals surface area contributed by atoms with E-state index in [9.17, 15) is 9.59 Å². The highest BCUT2D eigenvalue weighted by Gasteiger charge is 2.26. The molecule has 0 aliphatic heterocycles. The molecule has 0 heterocycles. The Bertz CT molecular complexity index is 501. The van der Waals surface area contributed by atoms with E-state index in [-0.39, 0.29) is 17.7 Å². The molecule has 0 aliphatic carbocycles. The molecule has 0 saturated heterocycles. The number of benzene rings is 1. The first-order chi connectivity index (χ1) is 8.76. The van der Waals surface area contributed by atoms with Crippen molar-refractivity contribution in [2.45, 2.75) is 20.8 Å². The smallest absolute Gasteiger partial charge is 0.231 e. The van der Waals surface area contributed by atoms with Crippen molar-refractivity contribution in [1.82, 2.24) is 0 Å². The van der Waals surface area contributed by atoms with Crippen LogP contribution in [0.25, 0.3) is 0 Å². The second-order valence-corrected chi connectivity index (χ2v) is 5.52. The van der Waals surface area contributed by atoms with E-state index in [1.54, 1.807) is 32.0 Å². The highest BCUT2D eigenvalue weighted by molar-refractivity contribution is 6.34. The van der Waals surface area contributed by atoms with E-state index < -0.39 is 5.41 Å². The Kier molecular flexibility index (Phi) is 5.20. The Morgan fingerprint density at radius 3 is 2.37 bits per heavy atom. The van der Waals surface area contributed by atoms with Gasteiger partial charge >= 0.3 is 0 Å². The number of hydrogen-bond donors (Lipinski definition) is 2. The van der Waals surface area contributed by atoms with Gasteiger partial charge in [-0.3, -0.25) is 9.59 Å². The summed E-state index contributed by atoms with van der Waals surface area (Å²) in [4.78, 5) is 22.9. The first kappa shape index (κ1) is 15.8. The van der Waals surface area contributed by atoms with E-state index in [0.717, 1.165) is 0 Å². The van der Waals surface area contributed by atoms with Gasteiger partial charge in [0.15, 0.2) is 0 Å². The van der Waals surface area contributed by atoms with Gasteiger partial charge in [0.25, 0.3) is 0 Å². The van der Waals surface area contributed by atoms with Crippen LogP contribution in [0.2, 0.25) is 5.02 Å². The number of carbonyl (C=O) groups is 2. The molecule has 2 N–H and O–H groups in total. The first-order valence-corrected chi connectivity index (χ1v) is 6.62. The van der Waals surface area contributed by atoms with Crippen LogP contribution >= 0.6 is 23.2 Å². The van der Waals surface area contributed by atoms with E-state index in [2.05, 4.69) is 10.6 Å². The fraction of sp³-hybridized carbons (Fsp3) is 0.385. The molecule has 1 rings (SSSR count).